The van der Waals surface area contributed by atoms with Gasteiger partial charge in [0, 0.05) is 29.6 Å². The van der Waals surface area contributed by atoms with Crippen LogP contribution in [-0.4, -0.2) is 79.9 Å². The third-order valence-electron chi connectivity index (χ3n) is 9.06. The van der Waals surface area contributed by atoms with E-state index in [9.17, 15) is 19.5 Å². The van der Waals surface area contributed by atoms with Crippen LogP contribution in [0.1, 0.15) is 41.0 Å². The minimum absolute atomic E-state index is 0.00529. The van der Waals surface area contributed by atoms with Crippen molar-refractivity contribution < 1.29 is 19.5 Å². The SMILES string of the molecule is CC[C@H](C)[C@H](CO)N1C(=O)[C@@H]2[C@@H]3C(=O)N(c4ccccc4)CC=C[C@]3(C)S[C@@]23C=CCN(C(C)C)C(=O)C13. The van der Waals surface area contributed by atoms with Crippen LogP contribution in [0.4, 0.5) is 5.69 Å². The molecule has 5 rings (SSSR count). The highest BCUT2D eigenvalue weighted by Crippen LogP contribution is 2.66. The summed E-state index contributed by atoms with van der Waals surface area (Å²) in [6.07, 6.45) is 8.90. The van der Waals surface area contributed by atoms with Crippen molar-refractivity contribution in [3.05, 3.63) is 54.6 Å². The van der Waals surface area contributed by atoms with Crippen LogP contribution in [0.2, 0.25) is 0 Å². The number of aliphatic hydroxyl groups is 1. The topological polar surface area (TPSA) is 81.2 Å². The number of amides is 3. The monoisotopic (exact) mass is 537 g/mol. The molecule has 2 saturated heterocycles. The summed E-state index contributed by atoms with van der Waals surface area (Å²) in [5, 5.41) is 10.5. The molecule has 0 radical (unpaired) electrons. The van der Waals surface area contributed by atoms with Crippen LogP contribution in [0, 0.1) is 17.8 Å². The molecular formula is C30H39N3O4S. The van der Waals surface area contributed by atoms with Gasteiger partial charge in [0.2, 0.25) is 17.7 Å². The second kappa shape index (κ2) is 9.87. The van der Waals surface area contributed by atoms with Crippen molar-refractivity contribution >= 4 is 35.2 Å². The summed E-state index contributed by atoms with van der Waals surface area (Å²) in [5.41, 5.74) is 0.794. The van der Waals surface area contributed by atoms with Crippen molar-refractivity contribution in [3.8, 4) is 0 Å². The van der Waals surface area contributed by atoms with Crippen LogP contribution in [-0.2, 0) is 14.4 Å². The van der Waals surface area contributed by atoms with E-state index in [2.05, 4.69) is 6.08 Å². The van der Waals surface area contributed by atoms with E-state index in [-0.39, 0.29) is 36.3 Å². The Morgan fingerprint density at radius 1 is 0.974 bits per heavy atom. The van der Waals surface area contributed by atoms with Crippen molar-refractivity contribution in [2.24, 2.45) is 17.8 Å². The molecule has 2 fully saturated rings. The Morgan fingerprint density at radius 3 is 2.29 bits per heavy atom. The van der Waals surface area contributed by atoms with Gasteiger partial charge in [0.05, 0.1) is 29.2 Å². The average molecular weight is 538 g/mol. The Morgan fingerprint density at radius 2 is 1.66 bits per heavy atom. The molecule has 0 bridgehead atoms. The smallest absolute Gasteiger partial charge is 0.247 e. The molecule has 4 heterocycles. The van der Waals surface area contributed by atoms with Crippen LogP contribution in [0.25, 0.3) is 0 Å². The van der Waals surface area contributed by atoms with E-state index >= 15 is 0 Å². The lowest BCUT2D eigenvalue weighted by atomic mass is 9.74. The predicted molar refractivity (Wildman–Crippen MR) is 151 cm³/mol. The number of benzene rings is 1. The van der Waals surface area contributed by atoms with Crippen LogP contribution < -0.4 is 4.90 Å². The number of aliphatic hydroxyl groups excluding tert-OH is 1. The Labute approximate surface area is 229 Å². The summed E-state index contributed by atoms with van der Waals surface area (Å²) in [6, 6.07) is 8.23. The van der Waals surface area contributed by atoms with Gasteiger partial charge in [-0.05, 0) is 38.8 Å². The molecule has 1 aromatic carbocycles. The van der Waals surface area contributed by atoms with Crippen molar-refractivity contribution in [2.75, 3.05) is 24.6 Å². The van der Waals surface area contributed by atoms with Gasteiger partial charge in [-0.25, -0.2) is 0 Å². The lowest BCUT2D eigenvalue weighted by Gasteiger charge is -2.42. The Balaban J connectivity index is 1.68. The van der Waals surface area contributed by atoms with Crippen LogP contribution in [0.3, 0.4) is 0 Å². The average Bonchev–Trinajstić information content (AvgIpc) is 3.16. The van der Waals surface area contributed by atoms with Crippen molar-refractivity contribution in [2.45, 2.75) is 68.7 Å². The normalized spacial score (nSPS) is 34.2. The first-order valence-corrected chi connectivity index (χ1v) is 14.6. The number of thioether (sulfide) groups is 1. The highest BCUT2D eigenvalue weighted by Gasteiger charge is 2.74. The molecule has 4 aliphatic heterocycles. The molecule has 204 valence electrons. The van der Waals surface area contributed by atoms with Crippen molar-refractivity contribution in [3.63, 3.8) is 0 Å². The van der Waals surface area contributed by atoms with Gasteiger partial charge in [0.15, 0.2) is 0 Å². The molecule has 7 nitrogen and oxygen atoms in total. The Hall–Kier alpha value is -2.58. The number of carbonyl (C=O) groups excluding carboxylic acids is 3. The zero-order valence-electron chi connectivity index (χ0n) is 22.9. The Bertz CT molecular complexity index is 1170. The number of likely N-dealkylation sites (tertiary alicyclic amines) is 1. The van der Waals surface area contributed by atoms with Gasteiger partial charge in [-0.1, -0.05) is 62.8 Å². The van der Waals surface area contributed by atoms with Crippen LogP contribution in [0.5, 0.6) is 0 Å². The van der Waals surface area contributed by atoms with E-state index in [1.54, 1.807) is 21.6 Å². The lowest BCUT2D eigenvalue weighted by molar-refractivity contribution is -0.147. The van der Waals surface area contributed by atoms with Crippen LogP contribution in [0.15, 0.2) is 54.6 Å². The van der Waals surface area contributed by atoms with E-state index in [1.165, 1.54) is 0 Å². The molecule has 38 heavy (non-hydrogen) atoms. The summed E-state index contributed by atoms with van der Waals surface area (Å²) in [5.74, 6) is -1.77. The fourth-order valence-corrected chi connectivity index (χ4v) is 9.10. The van der Waals surface area contributed by atoms with E-state index in [0.717, 1.165) is 12.1 Å². The number of hydrogen-bond acceptors (Lipinski definition) is 5. The van der Waals surface area contributed by atoms with Gasteiger partial charge in [-0.2, -0.15) is 0 Å². The summed E-state index contributed by atoms with van der Waals surface area (Å²) in [7, 11) is 0. The molecule has 1 aromatic rings. The molecule has 8 heteroatoms. The largest absolute Gasteiger partial charge is 0.394 e. The standard InChI is InChI=1S/C30H39N3O4S/c1-6-20(4)22(18-34)33-25-28(37)31(19(2)3)16-11-15-30(25)24(27(33)36)23-26(35)32(21-12-8-7-9-13-21)17-10-14-29(23,5)38-30/h7-15,19-20,22-25,34H,6,16-18H2,1-5H3/t20-,22-,23+,24-,25?,29-,30-/m0/s1. The Kier molecular flexibility index (Phi) is 7.01. The number of para-hydroxylation sites is 1. The first-order chi connectivity index (χ1) is 18.1. The maximum atomic E-state index is 14.6. The minimum atomic E-state index is -0.905. The second-order valence-corrected chi connectivity index (χ2v) is 13.3. The maximum absolute atomic E-state index is 14.6. The van der Waals surface area contributed by atoms with Crippen LogP contribution >= 0.6 is 11.8 Å². The second-order valence-electron chi connectivity index (χ2n) is 11.6. The molecule has 1 spiro atoms. The molecule has 4 aliphatic rings. The summed E-state index contributed by atoms with van der Waals surface area (Å²) >= 11 is 1.59. The summed E-state index contributed by atoms with van der Waals surface area (Å²) < 4.78 is -1.56. The van der Waals surface area contributed by atoms with Gasteiger partial charge >= 0.3 is 0 Å². The number of fused-ring (bicyclic) bond motifs is 2. The van der Waals surface area contributed by atoms with E-state index in [4.69, 9.17) is 0 Å². The third-order valence-corrected chi connectivity index (χ3v) is 10.9. The van der Waals surface area contributed by atoms with Crippen molar-refractivity contribution in [1.29, 1.82) is 0 Å². The first kappa shape index (κ1) is 27.0. The maximum Gasteiger partial charge on any atom is 0.247 e. The quantitative estimate of drug-likeness (QED) is 0.562. The highest BCUT2D eigenvalue weighted by molar-refractivity contribution is 8.02. The molecule has 1 N–H and O–H groups in total. The number of rotatable bonds is 6. The van der Waals surface area contributed by atoms with Gasteiger partial charge in [0.25, 0.3) is 0 Å². The molecular weight excluding hydrogens is 498 g/mol. The zero-order valence-corrected chi connectivity index (χ0v) is 23.7. The van der Waals surface area contributed by atoms with Gasteiger partial charge in [-0.3, -0.25) is 14.4 Å². The van der Waals surface area contributed by atoms with E-state index < -0.39 is 33.4 Å². The number of carbonyl (C=O) groups is 3. The minimum Gasteiger partial charge on any atom is -0.394 e. The van der Waals surface area contributed by atoms with E-state index in [1.807, 2.05) is 88.1 Å². The molecule has 0 aromatic heterocycles. The first-order valence-electron chi connectivity index (χ1n) is 13.8. The molecule has 0 saturated carbocycles. The number of anilines is 1. The predicted octanol–water partition coefficient (Wildman–Crippen LogP) is 3.49. The zero-order chi connectivity index (χ0) is 27.4. The van der Waals surface area contributed by atoms with Crippen molar-refractivity contribution in [1.82, 2.24) is 9.80 Å². The molecule has 7 atom stereocenters. The number of hydrogen-bond donors (Lipinski definition) is 1. The summed E-state index contributed by atoms with van der Waals surface area (Å²) in [4.78, 5) is 48.6. The molecule has 3 amide bonds. The molecule has 0 aliphatic carbocycles. The fraction of sp³-hybridized carbons (Fsp3) is 0.567. The van der Waals surface area contributed by atoms with Gasteiger partial charge in [0.1, 0.15) is 6.04 Å². The highest BCUT2D eigenvalue weighted by atomic mass is 32.2. The van der Waals surface area contributed by atoms with E-state index in [0.29, 0.717) is 13.1 Å². The van der Waals surface area contributed by atoms with Gasteiger partial charge < -0.3 is 19.8 Å². The number of nitrogens with zero attached hydrogens (tertiary/aromatic N) is 3. The third kappa shape index (κ3) is 3.86. The summed E-state index contributed by atoms with van der Waals surface area (Å²) in [6.45, 7) is 10.7. The lowest BCUT2D eigenvalue weighted by Crippen LogP contribution is -2.58. The van der Waals surface area contributed by atoms with Gasteiger partial charge in [-0.15, -0.1) is 11.8 Å². The fourth-order valence-electron chi connectivity index (χ4n) is 6.95. The molecule has 1 unspecified atom stereocenters.